The number of hydrogen-bond donors (Lipinski definition) is 1. The lowest BCUT2D eigenvalue weighted by atomic mass is 9.77. The average molecular weight is 511 g/mol. The number of hydrogen-bond acceptors (Lipinski definition) is 4. The minimum atomic E-state index is 0.0802. The molecule has 6 nitrogen and oxygen atoms in total. The smallest absolute Gasteiger partial charge is 0.223 e. The third-order valence-electron chi connectivity index (χ3n) is 7.93. The maximum atomic E-state index is 13.3. The molecule has 0 radical (unpaired) electrons. The summed E-state index contributed by atoms with van der Waals surface area (Å²) < 4.78 is 7.67. The van der Waals surface area contributed by atoms with Gasteiger partial charge in [-0.05, 0) is 60.9 Å². The predicted octanol–water partition coefficient (Wildman–Crippen LogP) is 6.79. The van der Waals surface area contributed by atoms with Gasteiger partial charge in [0.25, 0.3) is 0 Å². The molecular weight excluding hydrogens is 472 g/mol. The summed E-state index contributed by atoms with van der Waals surface area (Å²) in [5.41, 5.74) is 4.41. The molecule has 1 aromatic carbocycles. The number of nitrogens with zero attached hydrogens (tertiary/aromatic N) is 3. The highest BCUT2D eigenvalue weighted by Crippen LogP contribution is 2.34. The number of nitrogens with one attached hydrogen (secondary N) is 1. The second kappa shape index (κ2) is 12.7. The first-order valence-corrected chi connectivity index (χ1v) is 14.0. The van der Waals surface area contributed by atoms with Crippen molar-refractivity contribution in [2.75, 3.05) is 7.11 Å². The first kappa shape index (κ1) is 26.0. The van der Waals surface area contributed by atoms with Crippen LogP contribution in [0.4, 0.5) is 0 Å². The van der Waals surface area contributed by atoms with E-state index in [-0.39, 0.29) is 11.8 Å². The Morgan fingerprint density at radius 3 is 2.58 bits per heavy atom. The molecule has 0 spiro atoms. The van der Waals surface area contributed by atoms with Crippen molar-refractivity contribution >= 4 is 16.9 Å². The van der Waals surface area contributed by atoms with E-state index >= 15 is 0 Å². The van der Waals surface area contributed by atoms with Crippen LogP contribution in [0.5, 0.6) is 5.88 Å². The Labute approximate surface area is 225 Å². The van der Waals surface area contributed by atoms with Crippen molar-refractivity contribution in [1.82, 2.24) is 19.9 Å². The van der Waals surface area contributed by atoms with Crippen LogP contribution in [0.3, 0.4) is 0 Å². The summed E-state index contributed by atoms with van der Waals surface area (Å²) in [5, 5.41) is 4.35. The van der Waals surface area contributed by atoms with Gasteiger partial charge in [-0.15, -0.1) is 0 Å². The maximum absolute atomic E-state index is 13.3. The zero-order valence-electron chi connectivity index (χ0n) is 22.3. The summed E-state index contributed by atoms with van der Waals surface area (Å²) in [5.74, 6) is 1.40. The van der Waals surface area contributed by atoms with Crippen LogP contribution in [0.25, 0.3) is 22.2 Å². The van der Waals surface area contributed by atoms with E-state index in [1.165, 1.54) is 43.2 Å². The van der Waals surface area contributed by atoms with Gasteiger partial charge < -0.3 is 14.6 Å². The fourth-order valence-corrected chi connectivity index (χ4v) is 5.86. The zero-order valence-corrected chi connectivity index (χ0v) is 22.3. The van der Waals surface area contributed by atoms with Gasteiger partial charge in [0.15, 0.2) is 0 Å². The van der Waals surface area contributed by atoms with Crippen molar-refractivity contribution in [3.63, 3.8) is 0 Å². The largest absolute Gasteiger partial charge is 0.481 e. The third kappa shape index (κ3) is 6.24. The SMILES string of the molecule is COc1ccc2c(-c3ccccc3)cn(CCCCC(C(=O)NCc3ccncc3)C3CCCCC3)c2n1. The fourth-order valence-electron chi connectivity index (χ4n) is 5.86. The molecule has 3 aromatic heterocycles. The summed E-state index contributed by atoms with van der Waals surface area (Å²) in [6.45, 7) is 1.43. The molecule has 198 valence electrons. The molecule has 0 aliphatic heterocycles. The van der Waals surface area contributed by atoms with Gasteiger partial charge in [-0.25, -0.2) is 0 Å². The number of rotatable bonds is 11. The van der Waals surface area contributed by atoms with Gasteiger partial charge in [-0.2, -0.15) is 4.98 Å². The lowest BCUT2D eigenvalue weighted by Crippen LogP contribution is -2.35. The van der Waals surface area contributed by atoms with Crippen LogP contribution < -0.4 is 10.1 Å². The van der Waals surface area contributed by atoms with Gasteiger partial charge in [-0.3, -0.25) is 9.78 Å². The summed E-state index contributed by atoms with van der Waals surface area (Å²) in [6.07, 6.45) is 14.8. The van der Waals surface area contributed by atoms with E-state index in [1.54, 1.807) is 19.5 Å². The van der Waals surface area contributed by atoms with Crippen molar-refractivity contribution in [2.24, 2.45) is 11.8 Å². The molecule has 1 aliphatic rings. The monoisotopic (exact) mass is 510 g/mol. The van der Waals surface area contributed by atoms with Crippen LogP contribution in [0.15, 0.2) is 73.2 Å². The minimum Gasteiger partial charge on any atom is -0.481 e. The van der Waals surface area contributed by atoms with Crippen LogP contribution in [0, 0.1) is 11.8 Å². The van der Waals surface area contributed by atoms with Crippen LogP contribution in [-0.2, 0) is 17.9 Å². The Hall–Kier alpha value is -3.67. The first-order chi connectivity index (χ1) is 18.7. The number of unbranched alkanes of at least 4 members (excludes halogenated alkanes) is 1. The van der Waals surface area contributed by atoms with E-state index in [1.807, 2.05) is 24.3 Å². The van der Waals surface area contributed by atoms with E-state index in [2.05, 4.69) is 51.4 Å². The number of methoxy groups -OCH3 is 1. The number of carbonyl (C=O) groups excluding carboxylic acids is 1. The highest BCUT2D eigenvalue weighted by Gasteiger charge is 2.29. The maximum Gasteiger partial charge on any atom is 0.223 e. The molecule has 38 heavy (non-hydrogen) atoms. The summed E-state index contributed by atoms with van der Waals surface area (Å²) in [6, 6.07) is 18.4. The number of aryl methyl sites for hydroxylation is 1. The summed E-state index contributed by atoms with van der Waals surface area (Å²) in [4.78, 5) is 22.2. The number of ether oxygens (including phenoxy) is 1. The number of fused-ring (bicyclic) bond motifs is 1. The Morgan fingerprint density at radius 2 is 1.82 bits per heavy atom. The molecule has 0 saturated heterocycles. The lowest BCUT2D eigenvalue weighted by Gasteiger charge is -2.29. The molecule has 1 aliphatic carbocycles. The van der Waals surface area contributed by atoms with E-state index in [0.29, 0.717) is 18.3 Å². The van der Waals surface area contributed by atoms with E-state index in [4.69, 9.17) is 9.72 Å². The van der Waals surface area contributed by atoms with Gasteiger partial charge in [0, 0.05) is 54.6 Å². The van der Waals surface area contributed by atoms with Crippen molar-refractivity contribution in [3.8, 4) is 17.0 Å². The minimum absolute atomic E-state index is 0.0802. The van der Waals surface area contributed by atoms with E-state index in [9.17, 15) is 4.79 Å². The van der Waals surface area contributed by atoms with Gasteiger partial charge in [0.1, 0.15) is 5.65 Å². The molecule has 1 amide bonds. The molecule has 1 fully saturated rings. The quantitative estimate of drug-likeness (QED) is 0.226. The zero-order chi connectivity index (χ0) is 26.2. The molecular formula is C32H38N4O2. The molecule has 1 atom stereocenters. The van der Waals surface area contributed by atoms with Crippen molar-refractivity contribution in [3.05, 3.63) is 78.8 Å². The highest BCUT2D eigenvalue weighted by molar-refractivity contribution is 5.94. The molecule has 0 bridgehead atoms. The standard InChI is InChI=1S/C32H38N4O2/c1-38-30-16-15-28-29(26-12-6-3-7-13-26)23-36(31(28)35-30)21-9-8-14-27(25-10-4-2-5-11-25)32(37)34-22-24-17-19-33-20-18-24/h3,6-7,12-13,15-20,23,25,27H,2,4-5,8-11,14,21-22H2,1H3,(H,34,37). The first-order valence-electron chi connectivity index (χ1n) is 14.0. The second-order valence-electron chi connectivity index (χ2n) is 10.4. The van der Waals surface area contributed by atoms with Crippen LogP contribution >= 0.6 is 0 Å². The molecule has 4 aromatic rings. The molecule has 6 heteroatoms. The van der Waals surface area contributed by atoms with Crippen molar-refractivity contribution in [1.29, 1.82) is 0 Å². The number of benzene rings is 1. The molecule has 1 saturated carbocycles. The van der Waals surface area contributed by atoms with Gasteiger partial charge >= 0.3 is 0 Å². The molecule has 5 rings (SSSR count). The molecule has 1 unspecified atom stereocenters. The van der Waals surface area contributed by atoms with E-state index < -0.39 is 0 Å². The summed E-state index contributed by atoms with van der Waals surface area (Å²) in [7, 11) is 1.66. The average Bonchev–Trinajstić information content (AvgIpc) is 3.35. The summed E-state index contributed by atoms with van der Waals surface area (Å²) >= 11 is 0. The fraction of sp³-hybridized carbons (Fsp3) is 0.406. The predicted molar refractivity (Wildman–Crippen MR) is 152 cm³/mol. The van der Waals surface area contributed by atoms with Crippen LogP contribution in [0.2, 0.25) is 0 Å². The van der Waals surface area contributed by atoms with Gasteiger partial charge in [0.2, 0.25) is 11.8 Å². The second-order valence-corrected chi connectivity index (χ2v) is 10.4. The Kier molecular flexibility index (Phi) is 8.69. The van der Waals surface area contributed by atoms with Gasteiger partial charge in [0.05, 0.1) is 7.11 Å². The Morgan fingerprint density at radius 1 is 1.03 bits per heavy atom. The number of pyridine rings is 2. The number of carbonyl (C=O) groups is 1. The number of aromatic nitrogens is 3. The lowest BCUT2D eigenvalue weighted by molar-refractivity contribution is -0.127. The molecule has 3 heterocycles. The Balaban J connectivity index is 1.26. The number of amides is 1. The van der Waals surface area contributed by atoms with Crippen LogP contribution in [-0.4, -0.2) is 27.6 Å². The molecule has 1 N–H and O–H groups in total. The normalized spacial score (nSPS) is 14.9. The van der Waals surface area contributed by atoms with E-state index in [0.717, 1.165) is 42.4 Å². The van der Waals surface area contributed by atoms with Crippen molar-refractivity contribution in [2.45, 2.75) is 64.5 Å². The van der Waals surface area contributed by atoms with Gasteiger partial charge in [-0.1, -0.05) is 56.0 Å². The third-order valence-corrected chi connectivity index (χ3v) is 7.93. The topological polar surface area (TPSA) is 69.0 Å². The highest BCUT2D eigenvalue weighted by atomic mass is 16.5. The Bertz CT molecular complexity index is 1310. The van der Waals surface area contributed by atoms with Crippen molar-refractivity contribution < 1.29 is 9.53 Å². The van der Waals surface area contributed by atoms with Crippen LogP contribution in [0.1, 0.15) is 56.9 Å².